The molecule has 0 saturated heterocycles. The lowest BCUT2D eigenvalue weighted by atomic mass is 9.94. The summed E-state index contributed by atoms with van der Waals surface area (Å²) in [4.78, 5) is 12.2. The van der Waals surface area contributed by atoms with Crippen molar-refractivity contribution >= 4 is 17.7 Å². The molecule has 0 atom stereocenters. The second kappa shape index (κ2) is 7.09. The third-order valence-electron chi connectivity index (χ3n) is 3.55. The number of aliphatic hydroxyl groups is 1. The molecule has 2 N–H and O–H groups in total. The molecule has 1 aromatic rings. The summed E-state index contributed by atoms with van der Waals surface area (Å²) in [6.45, 7) is 0.793. The van der Waals surface area contributed by atoms with E-state index in [0.29, 0.717) is 12.1 Å². The van der Waals surface area contributed by atoms with E-state index in [1.165, 1.54) is 6.07 Å². The second-order valence-electron chi connectivity index (χ2n) is 5.01. The molecule has 110 valence electrons. The molecule has 0 unspecified atom stereocenters. The minimum absolute atomic E-state index is 0.0645. The highest BCUT2D eigenvalue weighted by Crippen LogP contribution is 2.49. The van der Waals surface area contributed by atoms with E-state index in [2.05, 4.69) is 5.32 Å². The zero-order valence-corrected chi connectivity index (χ0v) is 12.2. The van der Waals surface area contributed by atoms with E-state index < -0.39 is 5.41 Å². The molecule has 1 aliphatic carbocycles. The molecule has 3 nitrogen and oxygen atoms in total. The standard InChI is InChI=1S/C15H20FNO2S/c16-13-5-2-1-4-12(13)15(6-7-15)14(19)17-8-11-20-10-3-9-18/h1-2,4-5,18H,3,6-11H2,(H,17,19). The lowest BCUT2D eigenvalue weighted by Gasteiger charge is -2.16. The topological polar surface area (TPSA) is 49.3 Å². The lowest BCUT2D eigenvalue weighted by molar-refractivity contribution is -0.123. The van der Waals surface area contributed by atoms with Gasteiger partial charge in [0.25, 0.3) is 0 Å². The van der Waals surface area contributed by atoms with Gasteiger partial charge in [-0.1, -0.05) is 18.2 Å². The number of hydrogen-bond donors (Lipinski definition) is 2. The molecule has 0 heterocycles. The number of carbonyl (C=O) groups excluding carboxylic acids is 1. The molecule has 0 spiro atoms. The van der Waals surface area contributed by atoms with Gasteiger partial charge in [0.05, 0.1) is 5.41 Å². The second-order valence-corrected chi connectivity index (χ2v) is 6.23. The van der Waals surface area contributed by atoms with Crippen molar-refractivity contribution < 1.29 is 14.3 Å². The predicted molar refractivity (Wildman–Crippen MR) is 79.3 cm³/mol. The summed E-state index contributed by atoms with van der Waals surface area (Å²) in [5.74, 6) is 1.35. The van der Waals surface area contributed by atoms with Gasteiger partial charge in [-0.3, -0.25) is 4.79 Å². The summed E-state index contributed by atoms with van der Waals surface area (Å²) in [5.41, 5.74) is -0.119. The highest BCUT2D eigenvalue weighted by Gasteiger charge is 2.52. The first-order chi connectivity index (χ1) is 9.70. The number of halogens is 1. The Bertz CT molecular complexity index is 463. The number of amides is 1. The molecule has 2 rings (SSSR count). The highest BCUT2D eigenvalue weighted by atomic mass is 32.2. The van der Waals surface area contributed by atoms with Crippen LogP contribution in [0.3, 0.4) is 0 Å². The SMILES string of the molecule is O=C(NCCSCCCO)C1(c2ccccc2F)CC1. The maximum absolute atomic E-state index is 13.8. The molecule has 20 heavy (non-hydrogen) atoms. The Balaban J connectivity index is 1.82. The quantitative estimate of drug-likeness (QED) is 0.722. The van der Waals surface area contributed by atoms with Gasteiger partial charge in [-0.15, -0.1) is 0 Å². The number of hydrogen-bond acceptors (Lipinski definition) is 3. The molecule has 5 heteroatoms. The predicted octanol–water partition coefficient (Wildman–Crippen LogP) is 2.09. The van der Waals surface area contributed by atoms with Crippen LogP contribution >= 0.6 is 11.8 Å². The van der Waals surface area contributed by atoms with Crippen molar-refractivity contribution in [2.45, 2.75) is 24.7 Å². The van der Waals surface area contributed by atoms with E-state index in [1.54, 1.807) is 30.0 Å². The molecular formula is C15H20FNO2S. The molecule has 1 aliphatic rings. The molecule has 0 bridgehead atoms. The normalized spacial score (nSPS) is 15.9. The maximum atomic E-state index is 13.8. The highest BCUT2D eigenvalue weighted by molar-refractivity contribution is 7.99. The monoisotopic (exact) mass is 297 g/mol. The molecule has 0 aromatic heterocycles. The smallest absolute Gasteiger partial charge is 0.230 e. The largest absolute Gasteiger partial charge is 0.396 e. The van der Waals surface area contributed by atoms with Gasteiger partial charge in [0.15, 0.2) is 0 Å². The average Bonchev–Trinajstić information content (AvgIpc) is 3.24. The fourth-order valence-electron chi connectivity index (χ4n) is 2.27. The van der Waals surface area contributed by atoms with E-state index in [-0.39, 0.29) is 18.3 Å². The van der Waals surface area contributed by atoms with Crippen molar-refractivity contribution in [2.24, 2.45) is 0 Å². The van der Waals surface area contributed by atoms with E-state index in [0.717, 1.165) is 30.8 Å². The van der Waals surface area contributed by atoms with Crippen molar-refractivity contribution in [3.63, 3.8) is 0 Å². The number of carbonyl (C=O) groups is 1. The van der Waals surface area contributed by atoms with Crippen molar-refractivity contribution in [2.75, 3.05) is 24.7 Å². The minimum atomic E-state index is -0.638. The van der Waals surface area contributed by atoms with E-state index in [4.69, 9.17) is 5.11 Å². The van der Waals surface area contributed by atoms with Gasteiger partial charge in [0.2, 0.25) is 5.91 Å². The lowest BCUT2D eigenvalue weighted by Crippen LogP contribution is -2.36. The first kappa shape index (κ1) is 15.3. The summed E-state index contributed by atoms with van der Waals surface area (Å²) in [7, 11) is 0. The van der Waals surface area contributed by atoms with Gasteiger partial charge in [0.1, 0.15) is 5.82 Å². The van der Waals surface area contributed by atoms with Crippen LogP contribution < -0.4 is 5.32 Å². The van der Waals surface area contributed by atoms with Crippen LogP contribution in [0.25, 0.3) is 0 Å². The zero-order valence-electron chi connectivity index (χ0n) is 11.4. The van der Waals surface area contributed by atoms with E-state index in [1.807, 2.05) is 0 Å². The Labute approximate surface area is 123 Å². The Morgan fingerprint density at radius 2 is 2.10 bits per heavy atom. The van der Waals surface area contributed by atoms with Gasteiger partial charge in [-0.25, -0.2) is 4.39 Å². The molecule has 1 fully saturated rings. The summed E-state index contributed by atoms with van der Waals surface area (Å²) in [5, 5.41) is 11.6. The average molecular weight is 297 g/mol. The fraction of sp³-hybridized carbons (Fsp3) is 0.533. The fourth-order valence-corrected chi connectivity index (χ4v) is 3.05. The Morgan fingerprint density at radius 1 is 1.35 bits per heavy atom. The Kier molecular flexibility index (Phi) is 5.43. The first-order valence-electron chi connectivity index (χ1n) is 6.92. The van der Waals surface area contributed by atoms with Crippen LogP contribution in [-0.4, -0.2) is 35.7 Å². The number of nitrogens with one attached hydrogen (secondary N) is 1. The summed E-state index contributed by atoms with van der Waals surface area (Å²) >= 11 is 1.70. The van der Waals surface area contributed by atoms with Crippen LogP contribution in [0.1, 0.15) is 24.8 Å². The molecule has 0 radical (unpaired) electrons. The van der Waals surface area contributed by atoms with Crippen molar-refractivity contribution in [3.05, 3.63) is 35.6 Å². The molecule has 1 saturated carbocycles. The van der Waals surface area contributed by atoms with Crippen LogP contribution in [0.5, 0.6) is 0 Å². The molecule has 1 aromatic carbocycles. The number of rotatable bonds is 8. The summed E-state index contributed by atoms with van der Waals surface area (Å²) in [6, 6.07) is 6.53. The van der Waals surface area contributed by atoms with E-state index >= 15 is 0 Å². The van der Waals surface area contributed by atoms with Crippen LogP contribution in [0.2, 0.25) is 0 Å². The number of aliphatic hydroxyl groups excluding tert-OH is 1. The zero-order chi connectivity index (χ0) is 14.4. The summed E-state index contributed by atoms with van der Waals surface area (Å²) in [6.07, 6.45) is 2.21. The van der Waals surface area contributed by atoms with Gasteiger partial charge in [-0.2, -0.15) is 11.8 Å². The Morgan fingerprint density at radius 3 is 2.75 bits per heavy atom. The van der Waals surface area contributed by atoms with Crippen molar-refractivity contribution in [1.29, 1.82) is 0 Å². The third-order valence-corrected chi connectivity index (χ3v) is 4.62. The third kappa shape index (κ3) is 3.52. The number of thioether (sulfide) groups is 1. The molecular weight excluding hydrogens is 277 g/mol. The van der Waals surface area contributed by atoms with E-state index in [9.17, 15) is 9.18 Å². The van der Waals surface area contributed by atoms with Crippen LogP contribution in [-0.2, 0) is 10.2 Å². The maximum Gasteiger partial charge on any atom is 0.230 e. The molecule has 1 amide bonds. The van der Waals surface area contributed by atoms with Crippen molar-refractivity contribution in [3.8, 4) is 0 Å². The van der Waals surface area contributed by atoms with Crippen molar-refractivity contribution in [1.82, 2.24) is 5.32 Å². The van der Waals surface area contributed by atoms with Gasteiger partial charge < -0.3 is 10.4 Å². The summed E-state index contributed by atoms with van der Waals surface area (Å²) < 4.78 is 13.8. The minimum Gasteiger partial charge on any atom is -0.396 e. The van der Waals surface area contributed by atoms with Gasteiger partial charge in [0, 0.05) is 24.5 Å². The van der Waals surface area contributed by atoms with Gasteiger partial charge >= 0.3 is 0 Å². The number of benzene rings is 1. The van der Waals surface area contributed by atoms with Gasteiger partial charge in [-0.05, 0) is 31.1 Å². The first-order valence-corrected chi connectivity index (χ1v) is 8.08. The van der Waals surface area contributed by atoms with Crippen LogP contribution in [0.4, 0.5) is 4.39 Å². The Hall–Kier alpha value is -1.07. The molecule has 0 aliphatic heterocycles. The van der Waals surface area contributed by atoms with Crippen LogP contribution in [0.15, 0.2) is 24.3 Å². The van der Waals surface area contributed by atoms with Crippen LogP contribution in [0, 0.1) is 5.82 Å².